The van der Waals surface area contributed by atoms with Crippen molar-refractivity contribution in [3.63, 3.8) is 0 Å². The van der Waals surface area contributed by atoms with Crippen molar-refractivity contribution in [2.45, 2.75) is 56.5 Å². The molecular weight excluding hydrogens is 456 g/mol. The Kier molecular flexibility index (Phi) is 5.72. The standard InChI is InChI=1S/C23H24N6O4S/c1-11-4-3-5-15(12(11)2)24-22(32)25-16(30)10-34-21-17-19(26-18(27-21)13-6-7-13)29(14-8-9-14)23(33)28-20(17)31/h3-5,13-14H,6-10H2,1-2H3,(H,28,31,33)(H2,24,25,30,32). The van der Waals surface area contributed by atoms with E-state index in [1.807, 2.05) is 26.0 Å². The van der Waals surface area contributed by atoms with E-state index in [1.165, 1.54) is 4.57 Å². The normalized spacial score (nSPS) is 15.4. The molecule has 3 aromatic rings. The predicted molar refractivity (Wildman–Crippen MR) is 128 cm³/mol. The first kappa shape index (κ1) is 22.3. The molecule has 0 saturated heterocycles. The number of amides is 3. The molecule has 2 aliphatic carbocycles. The minimum absolute atomic E-state index is 0.0173. The summed E-state index contributed by atoms with van der Waals surface area (Å²) in [5, 5.41) is 5.54. The third kappa shape index (κ3) is 4.47. The maximum atomic E-state index is 12.7. The highest BCUT2D eigenvalue weighted by atomic mass is 32.2. The fraction of sp³-hybridized carbons (Fsp3) is 0.391. The van der Waals surface area contributed by atoms with Crippen LogP contribution in [0.5, 0.6) is 0 Å². The summed E-state index contributed by atoms with van der Waals surface area (Å²) in [7, 11) is 0. The molecule has 5 rings (SSSR count). The second-order valence-corrected chi connectivity index (χ2v) is 9.72. The van der Waals surface area contributed by atoms with Gasteiger partial charge in [0.15, 0.2) is 5.65 Å². The van der Waals surface area contributed by atoms with Crippen LogP contribution < -0.4 is 21.9 Å². The van der Waals surface area contributed by atoms with Gasteiger partial charge < -0.3 is 5.32 Å². The van der Waals surface area contributed by atoms with E-state index in [-0.39, 0.29) is 23.1 Å². The molecule has 0 atom stereocenters. The van der Waals surface area contributed by atoms with Crippen molar-refractivity contribution in [1.82, 2.24) is 24.8 Å². The molecule has 34 heavy (non-hydrogen) atoms. The van der Waals surface area contributed by atoms with Crippen LogP contribution in [0.15, 0.2) is 32.8 Å². The Morgan fingerprint density at radius 1 is 1.15 bits per heavy atom. The van der Waals surface area contributed by atoms with Gasteiger partial charge in [0, 0.05) is 17.6 Å². The Bertz CT molecular complexity index is 1440. The topological polar surface area (TPSA) is 139 Å². The number of nitrogens with zero attached hydrogens (tertiary/aromatic N) is 3. The van der Waals surface area contributed by atoms with Crippen LogP contribution in [0.3, 0.4) is 0 Å². The number of hydrogen-bond acceptors (Lipinski definition) is 7. The number of urea groups is 1. The molecule has 2 aromatic heterocycles. The molecule has 0 bridgehead atoms. The second kappa shape index (κ2) is 8.71. The van der Waals surface area contributed by atoms with E-state index in [0.717, 1.165) is 48.6 Å². The Balaban J connectivity index is 1.36. The van der Waals surface area contributed by atoms with Gasteiger partial charge >= 0.3 is 11.7 Å². The number of H-pyrrole nitrogens is 1. The zero-order valence-electron chi connectivity index (χ0n) is 18.8. The van der Waals surface area contributed by atoms with Gasteiger partial charge in [-0.1, -0.05) is 23.9 Å². The fourth-order valence-corrected chi connectivity index (χ4v) is 4.60. The lowest BCUT2D eigenvalue weighted by atomic mass is 10.1. The van der Waals surface area contributed by atoms with Gasteiger partial charge in [-0.3, -0.25) is 24.5 Å². The number of rotatable bonds is 6. The van der Waals surface area contributed by atoms with E-state index in [1.54, 1.807) is 6.07 Å². The number of hydrogen-bond donors (Lipinski definition) is 3. The van der Waals surface area contributed by atoms with Crippen molar-refractivity contribution in [1.29, 1.82) is 0 Å². The largest absolute Gasteiger partial charge is 0.330 e. The summed E-state index contributed by atoms with van der Waals surface area (Å²) in [6.45, 7) is 3.83. The quantitative estimate of drug-likeness (QED) is 0.364. The second-order valence-electron chi connectivity index (χ2n) is 8.76. The molecule has 0 aliphatic heterocycles. The number of thioether (sulfide) groups is 1. The first-order chi connectivity index (χ1) is 16.3. The highest BCUT2D eigenvalue weighted by Gasteiger charge is 2.32. The third-order valence-corrected chi connectivity index (χ3v) is 7.04. The van der Waals surface area contributed by atoms with E-state index in [9.17, 15) is 19.2 Å². The molecule has 1 aromatic carbocycles. The highest BCUT2D eigenvalue weighted by molar-refractivity contribution is 8.00. The summed E-state index contributed by atoms with van der Waals surface area (Å²) in [6, 6.07) is 4.91. The number of aryl methyl sites for hydroxylation is 1. The van der Waals surface area contributed by atoms with E-state index >= 15 is 0 Å². The molecule has 176 valence electrons. The van der Waals surface area contributed by atoms with Gasteiger partial charge in [0.05, 0.1) is 5.75 Å². The average Bonchev–Trinajstić information content (AvgIpc) is 3.68. The zero-order valence-corrected chi connectivity index (χ0v) is 19.6. The summed E-state index contributed by atoms with van der Waals surface area (Å²) < 4.78 is 1.53. The maximum Gasteiger partial charge on any atom is 0.330 e. The van der Waals surface area contributed by atoms with Gasteiger partial charge in [-0.2, -0.15) is 0 Å². The highest BCUT2D eigenvalue weighted by Crippen LogP contribution is 2.40. The van der Waals surface area contributed by atoms with Crippen molar-refractivity contribution >= 4 is 40.4 Å². The summed E-state index contributed by atoms with van der Waals surface area (Å²) in [5.74, 6) is 0.128. The van der Waals surface area contributed by atoms with Crippen molar-refractivity contribution in [3.8, 4) is 0 Å². The molecule has 0 spiro atoms. The lowest BCUT2D eigenvalue weighted by molar-refractivity contribution is -0.117. The number of aromatic nitrogens is 4. The molecule has 10 nitrogen and oxygen atoms in total. The number of benzene rings is 1. The zero-order chi connectivity index (χ0) is 24.0. The predicted octanol–water partition coefficient (Wildman–Crippen LogP) is 2.75. The Labute approximate surface area is 198 Å². The summed E-state index contributed by atoms with van der Waals surface area (Å²) in [6.07, 6.45) is 3.60. The SMILES string of the molecule is Cc1cccc(NC(=O)NC(=O)CSc2nc(C3CC3)nc3c2c(=O)[nH]c(=O)n3C2CC2)c1C. The van der Waals surface area contributed by atoms with Gasteiger partial charge in [-0.15, -0.1) is 0 Å². The molecular formula is C23H24N6O4S. The molecule has 3 N–H and O–H groups in total. The molecule has 2 aliphatic rings. The van der Waals surface area contributed by atoms with Gasteiger partial charge in [-0.05, 0) is 56.7 Å². The number of aromatic amines is 1. The maximum absolute atomic E-state index is 12.7. The van der Waals surface area contributed by atoms with Crippen LogP contribution in [0.25, 0.3) is 11.0 Å². The van der Waals surface area contributed by atoms with E-state index < -0.39 is 23.2 Å². The minimum atomic E-state index is -0.633. The molecule has 11 heteroatoms. The smallest absolute Gasteiger partial charge is 0.307 e. The van der Waals surface area contributed by atoms with Gasteiger partial charge in [-0.25, -0.2) is 19.6 Å². The molecule has 3 amide bonds. The molecule has 2 saturated carbocycles. The van der Waals surface area contributed by atoms with Crippen molar-refractivity contribution < 1.29 is 9.59 Å². The molecule has 0 unspecified atom stereocenters. The third-order valence-electron chi connectivity index (χ3n) is 6.07. The van der Waals surface area contributed by atoms with Crippen LogP contribution in [-0.2, 0) is 4.79 Å². The Hall–Kier alpha value is -3.47. The fourth-order valence-electron chi connectivity index (χ4n) is 3.77. The van der Waals surface area contributed by atoms with Crippen LogP contribution in [0, 0.1) is 13.8 Å². The number of carbonyl (C=O) groups excluding carboxylic acids is 2. The van der Waals surface area contributed by atoms with E-state index in [4.69, 9.17) is 0 Å². The number of nitrogens with one attached hydrogen (secondary N) is 3. The van der Waals surface area contributed by atoms with E-state index in [0.29, 0.717) is 22.2 Å². The van der Waals surface area contributed by atoms with E-state index in [2.05, 4.69) is 25.6 Å². The molecule has 2 heterocycles. The van der Waals surface area contributed by atoms with Gasteiger partial charge in [0.2, 0.25) is 5.91 Å². The van der Waals surface area contributed by atoms with Crippen LogP contribution >= 0.6 is 11.8 Å². The van der Waals surface area contributed by atoms with Crippen molar-refractivity contribution in [3.05, 3.63) is 56.0 Å². The van der Waals surface area contributed by atoms with Crippen LogP contribution in [0.4, 0.5) is 10.5 Å². The number of carbonyl (C=O) groups is 2. The first-order valence-corrected chi connectivity index (χ1v) is 12.2. The average molecular weight is 481 g/mol. The van der Waals surface area contributed by atoms with Gasteiger partial charge in [0.1, 0.15) is 16.2 Å². The van der Waals surface area contributed by atoms with Crippen LogP contribution in [0.2, 0.25) is 0 Å². The number of imide groups is 1. The van der Waals surface area contributed by atoms with Gasteiger partial charge in [0.25, 0.3) is 5.56 Å². The Morgan fingerprint density at radius 3 is 2.62 bits per heavy atom. The summed E-state index contributed by atoms with van der Waals surface area (Å²) in [5.41, 5.74) is 1.84. The lowest BCUT2D eigenvalue weighted by Gasteiger charge is -2.12. The Morgan fingerprint density at radius 2 is 1.91 bits per heavy atom. The molecule has 0 radical (unpaired) electrons. The lowest BCUT2D eigenvalue weighted by Crippen LogP contribution is -2.35. The van der Waals surface area contributed by atoms with Crippen molar-refractivity contribution in [2.24, 2.45) is 0 Å². The molecule has 2 fully saturated rings. The number of fused-ring (bicyclic) bond motifs is 1. The summed E-state index contributed by atoms with van der Waals surface area (Å²) in [4.78, 5) is 61.4. The minimum Gasteiger partial charge on any atom is -0.307 e. The monoisotopic (exact) mass is 480 g/mol. The first-order valence-electron chi connectivity index (χ1n) is 11.2. The summed E-state index contributed by atoms with van der Waals surface area (Å²) >= 11 is 1.05. The van der Waals surface area contributed by atoms with Crippen LogP contribution in [0.1, 0.15) is 54.6 Å². The van der Waals surface area contributed by atoms with Crippen LogP contribution in [-0.4, -0.2) is 37.2 Å². The van der Waals surface area contributed by atoms with Crippen molar-refractivity contribution in [2.75, 3.05) is 11.1 Å². The number of anilines is 1.